The fourth-order valence-electron chi connectivity index (χ4n) is 1.23. The first-order valence-corrected chi connectivity index (χ1v) is 4.88. The molecular formula is C9H13ClN4. The van der Waals surface area contributed by atoms with E-state index in [0.29, 0.717) is 10.7 Å². The molecule has 0 spiro atoms. The number of hydrogen-bond acceptors (Lipinski definition) is 2. The molecule has 0 amide bonds. The van der Waals surface area contributed by atoms with Gasteiger partial charge in [-0.05, 0) is 6.92 Å². The van der Waals surface area contributed by atoms with E-state index in [2.05, 4.69) is 36.0 Å². The molecule has 2 heterocycles. The molecule has 0 aromatic carbocycles. The van der Waals surface area contributed by atoms with Crippen LogP contribution in [0, 0.1) is 6.92 Å². The maximum atomic E-state index is 6.05. The van der Waals surface area contributed by atoms with Gasteiger partial charge in [-0.15, -0.1) is 5.10 Å². The largest absolute Gasteiger partial charge is 0.279 e. The van der Waals surface area contributed by atoms with Gasteiger partial charge in [-0.3, -0.25) is 5.10 Å². The lowest BCUT2D eigenvalue weighted by molar-refractivity contribution is 0.540. The van der Waals surface area contributed by atoms with Crippen LogP contribution in [-0.4, -0.2) is 19.8 Å². The number of hydrogen-bond donors (Lipinski definition) is 1. The lowest BCUT2D eigenvalue weighted by Gasteiger charge is -2.11. The molecule has 0 atom stereocenters. The van der Waals surface area contributed by atoms with Crippen LogP contribution in [0.2, 0.25) is 5.02 Å². The SMILES string of the molecule is Cc1[nH]n2nc(C(C)(C)C)nc2c1Cl. The molecule has 0 unspecified atom stereocenters. The second kappa shape index (κ2) is 2.73. The zero-order valence-corrected chi connectivity index (χ0v) is 9.48. The van der Waals surface area contributed by atoms with Crippen molar-refractivity contribution in [3.05, 3.63) is 16.5 Å². The average molecular weight is 213 g/mol. The molecule has 0 aliphatic carbocycles. The zero-order chi connectivity index (χ0) is 10.5. The summed E-state index contributed by atoms with van der Waals surface area (Å²) >= 11 is 6.05. The van der Waals surface area contributed by atoms with E-state index in [1.807, 2.05) is 6.92 Å². The molecule has 14 heavy (non-hydrogen) atoms. The Morgan fingerprint density at radius 1 is 1.36 bits per heavy atom. The van der Waals surface area contributed by atoms with Crippen molar-refractivity contribution >= 4 is 17.2 Å². The van der Waals surface area contributed by atoms with Crippen LogP contribution in [0.1, 0.15) is 32.3 Å². The normalized spacial score (nSPS) is 12.6. The van der Waals surface area contributed by atoms with Crippen LogP contribution in [0.4, 0.5) is 0 Å². The third-order valence-electron chi connectivity index (χ3n) is 2.08. The molecule has 0 aliphatic heterocycles. The summed E-state index contributed by atoms with van der Waals surface area (Å²) in [6, 6.07) is 0. The van der Waals surface area contributed by atoms with Crippen molar-refractivity contribution in [2.45, 2.75) is 33.1 Å². The Bertz CT molecular complexity index is 475. The number of H-pyrrole nitrogens is 1. The highest BCUT2D eigenvalue weighted by Crippen LogP contribution is 2.23. The molecule has 0 bridgehead atoms. The monoisotopic (exact) mass is 212 g/mol. The summed E-state index contributed by atoms with van der Waals surface area (Å²) in [7, 11) is 0. The average Bonchev–Trinajstić information content (AvgIpc) is 2.54. The van der Waals surface area contributed by atoms with Crippen molar-refractivity contribution in [1.82, 2.24) is 19.8 Å². The minimum atomic E-state index is -0.0515. The summed E-state index contributed by atoms with van der Waals surface area (Å²) in [5.41, 5.74) is 1.54. The number of aromatic amines is 1. The first-order valence-electron chi connectivity index (χ1n) is 4.51. The van der Waals surface area contributed by atoms with Crippen molar-refractivity contribution in [2.75, 3.05) is 0 Å². The molecule has 5 heteroatoms. The van der Waals surface area contributed by atoms with Gasteiger partial charge in [0.1, 0.15) is 5.02 Å². The second-order valence-electron chi connectivity index (χ2n) is 4.47. The van der Waals surface area contributed by atoms with Crippen molar-refractivity contribution in [1.29, 1.82) is 0 Å². The molecule has 2 rings (SSSR count). The number of nitrogens with zero attached hydrogens (tertiary/aromatic N) is 3. The van der Waals surface area contributed by atoms with Crippen LogP contribution >= 0.6 is 11.6 Å². The summed E-state index contributed by atoms with van der Waals surface area (Å²) in [5, 5.41) is 8.01. The number of halogens is 1. The second-order valence-corrected chi connectivity index (χ2v) is 4.85. The Labute approximate surface area is 87.3 Å². The molecule has 2 aromatic heterocycles. The molecule has 1 N–H and O–H groups in total. The Kier molecular flexibility index (Phi) is 1.86. The standard InChI is InChI=1S/C9H13ClN4/c1-5-6(10)7-11-8(9(2,3)4)13-14(7)12-5/h12H,1-4H3. The fourth-order valence-corrected chi connectivity index (χ4v) is 1.39. The Hall–Kier alpha value is -1.03. The van der Waals surface area contributed by atoms with E-state index < -0.39 is 0 Å². The summed E-state index contributed by atoms with van der Waals surface area (Å²) in [6.45, 7) is 8.11. The highest BCUT2D eigenvalue weighted by molar-refractivity contribution is 6.34. The maximum Gasteiger partial charge on any atom is 0.194 e. The minimum absolute atomic E-state index is 0.0515. The molecule has 76 valence electrons. The third kappa shape index (κ3) is 1.30. The summed E-state index contributed by atoms with van der Waals surface area (Å²) in [4.78, 5) is 4.39. The van der Waals surface area contributed by atoms with E-state index in [-0.39, 0.29) is 5.41 Å². The highest BCUT2D eigenvalue weighted by atomic mass is 35.5. The Morgan fingerprint density at radius 3 is 2.50 bits per heavy atom. The molecular weight excluding hydrogens is 200 g/mol. The van der Waals surface area contributed by atoms with Gasteiger partial charge in [0.05, 0.1) is 5.69 Å². The van der Waals surface area contributed by atoms with Crippen molar-refractivity contribution in [2.24, 2.45) is 0 Å². The van der Waals surface area contributed by atoms with Crippen molar-refractivity contribution < 1.29 is 0 Å². The van der Waals surface area contributed by atoms with E-state index in [0.717, 1.165) is 11.5 Å². The van der Waals surface area contributed by atoms with Crippen molar-refractivity contribution in [3.8, 4) is 0 Å². The van der Waals surface area contributed by atoms with Crippen LogP contribution in [0.15, 0.2) is 0 Å². The van der Waals surface area contributed by atoms with Crippen LogP contribution in [0.3, 0.4) is 0 Å². The Morgan fingerprint density at radius 2 is 2.00 bits per heavy atom. The molecule has 0 saturated carbocycles. The first-order chi connectivity index (χ1) is 6.39. The number of fused-ring (bicyclic) bond motifs is 1. The number of rotatable bonds is 0. The smallest absolute Gasteiger partial charge is 0.194 e. The third-order valence-corrected chi connectivity index (χ3v) is 2.53. The summed E-state index contributed by atoms with van der Waals surface area (Å²) in [5.74, 6) is 0.797. The van der Waals surface area contributed by atoms with Gasteiger partial charge in [0.2, 0.25) is 0 Å². The van der Waals surface area contributed by atoms with E-state index in [4.69, 9.17) is 11.6 Å². The quantitative estimate of drug-likeness (QED) is 0.729. The van der Waals surface area contributed by atoms with Crippen LogP contribution < -0.4 is 0 Å². The summed E-state index contributed by atoms with van der Waals surface area (Å²) in [6.07, 6.45) is 0. The van der Waals surface area contributed by atoms with Gasteiger partial charge >= 0.3 is 0 Å². The topological polar surface area (TPSA) is 46.0 Å². The zero-order valence-electron chi connectivity index (χ0n) is 8.72. The van der Waals surface area contributed by atoms with Gasteiger partial charge < -0.3 is 0 Å². The molecule has 0 radical (unpaired) electrons. The predicted molar refractivity (Wildman–Crippen MR) is 55.8 cm³/mol. The number of aryl methyl sites for hydroxylation is 1. The van der Waals surface area contributed by atoms with Gasteiger partial charge in [-0.2, -0.15) is 4.63 Å². The van der Waals surface area contributed by atoms with Crippen molar-refractivity contribution in [3.63, 3.8) is 0 Å². The lowest BCUT2D eigenvalue weighted by Crippen LogP contribution is -2.13. The maximum absolute atomic E-state index is 6.05. The minimum Gasteiger partial charge on any atom is -0.279 e. The molecule has 0 saturated heterocycles. The number of nitrogens with one attached hydrogen (secondary N) is 1. The fraction of sp³-hybridized carbons (Fsp3) is 0.556. The predicted octanol–water partition coefficient (Wildman–Crippen LogP) is 2.32. The van der Waals surface area contributed by atoms with Gasteiger partial charge in [0.15, 0.2) is 11.5 Å². The van der Waals surface area contributed by atoms with Crippen LogP contribution in [0.5, 0.6) is 0 Å². The number of aromatic nitrogens is 4. The van der Waals surface area contributed by atoms with Crippen LogP contribution in [-0.2, 0) is 5.41 Å². The van der Waals surface area contributed by atoms with Gasteiger partial charge in [-0.1, -0.05) is 32.4 Å². The van der Waals surface area contributed by atoms with Gasteiger partial charge in [0, 0.05) is 5.41 Å². The molecule has 2 aromatic rings. The van der Waals surface area contributed by atoms with E-state index in [1.165, 1.54) is 0 Å². The molecule has 0 fully saturated rings. The Balaban J connectivity index is 2.65. The van der Waals surface area contributed by atoms with Crippen LogP contribution in [0.25, 0.3) is 5.65 Å². The molecule has 4 nitrogen and oxygen atoms in total. The highest BCUT2D eigenvalue weighted by Gasteiger charge is 2.21. The lowest BCUT2D eigenvalue weighted by atomic mass is 9.96. The first kappa shape index (κ1) is 9.52. The summed E-state index contributed by atoms with van der Waals surface area (Å²) < 4.78 is 1.62. The van der Waals surface area contributed by atoms with E-state index in [9.17, 15) is 0 Å². The van der Waals surface area contributed by atoms with E-state index in [1.54, 1.807) is 4.63 Å². The van der Waals surface area contributed by atoms with Gasteiger partial charge in [-0.25, -0.2) is 4.98 Å². The van der Waals surface area contributed by atoms with Gasteiger partial charge in [0.25, 0.3) is 0 Å². The van der Waals surface area contributed by atoms with E-state index >= 15 is 0 Å². The molecule has 0 aliphatic rings.